The molecule has 0 saturated heterocycles. The lowest BCUT2D eigenvalue weighted by Crippen LogP contribution is -2.49. The molecule has 188 valence electrons. The van der Waals surface area contributed by atoms with Crippen molar-refractivity contribution >= 4 is 23.2 Å². The third-order valence-corrected chi connectivity index (χ3v) is 8.88. The standard InChI is InChI=1S/C29H38N2O3S/c1-20(2)22-9-11-24(12-10-22)34-19-26-25-14-16-35-27(25)13-15-31(26)28(32)18-30(17-21-7-8-21)29(33)23-5-3-4-6-23/h9-12,14,16,20-21,23,26H,3-8,13,15,17-19H2,1-2H3. The molecule has 2 aromatic rings. The molecule has 2 fully saturated rings. The van der Waals surface area contributed by atoms with E-state index in [1.165, 1.54) is 28.8 Å². The van der Waals surface area contributed by atoms with Crippen molar-refractivity contribution in [1.29, 1.82) is 0 Å². The van der Waals surface area contributed by atoms with E-state index < -0.39 is 0 Å². The fraction of sp³-hybridized carbons (Fsp3) is 0.586. The van der Waals surface area contributed by atoms with Crippen LogP contribution < -0.4 is 4.74 Å². The maximum absolute atomic E-state index is 13.7. The van der Waals surface area contributed by atoms with Crippen LogP contribution >= 0.6 is 11.3 Å². The Balaban J connectivity index is 1.29. The molecule has 1 aliphatic heterocycles. The van der Waals surface area contributed by atoms with E-state index in [2.05, 4.69) is 37.4 Å². The van der Waals surface area contributed by atoms with Crippen LogP contribution in [0.25, 0.3) is 0 Å². The predicted octanol–water partition coefficient (Wildman–Crippen LogP) is 5.81. The second-order valence-corrected chi connectivity index (χ2v) is 11.8. The summed E-state index contributed by atoms with van der Waals surface area (Å²) in [6.07, 6.45) is 7.44. The normalized spacial score (nSPS) is 20.2. The topological polar surface area (TPSA) is 49.9 Å². The minimum atomic E-state index is -0.119. The number of nitrogens with zero attached hydrogens (tertiary/aromatic N) is 2. The first-order valence-electron chi connectivity index (χ1n) is 13.4. The molecule has 2 aliphatic carbocycles. The quantitative estimate of drug-likeness (QED) is 0.442. The smallest absolute Gasteiger partial charge is 0.242 e. The van der Waals surface area contributed by atoms with Crippen LogP contribution in [0.15, 0.2) is 35.7 Å². The van der Waals surface area contributed by atoms with Gasteiger partial charge in [0.15, 0.2) is 0 Å². The predicted molar refractivity (Wildman–Crippen MR) is 140 cm³/mol. The highest BCUT2D eigenvalue weighted by molar-refractivity contribution is 7.10. The number of thiophene rings is 1. The molecule has 5 nitrogen and oxygen atoms in total. The van der Waals surface area contributed by atoms with E-state index in [1.54, 1.807) is 11.3 Å². The minimum absolute atomic E-state index is 0.0533. The van der Waals surface area contributed by atoms with Gasteiger partial charge in [0.2, 0.25) is 11.8 Å². The van der Waals surface area contributed by atoms with Crippen molar-refractivity contribution < 1.29 is 14.3 Å². The molecule has 3 aliphatic rings. The van der Waals surface area contributed by atoms with Gasteiger partial charge in [0, 0.05) is 23.9 Å². The van der Waals surface area contributed by atoms with Gasteiger partial charge in [0.25, 0.3) is 0 Å². The molecule has 2 amide bonds. The number of fused-ring (bicyclic) bond motifs is 1. The molecular weight excluding hydrogens is 456 g/mol. The number of ether oxygens (including phenoxy) is 1. The Labute approximate surface area is 213 Å². The summed E-state index contributed by atoms with van der Waals surface area (Å²) >= 11 is 1.76. The van der Waals surface area contributed by atoms with Gasteiger partial charge in [-0.3, -0.25) is 9.59 Å². The lowest BCUT2D eigenvalue weighted by atomic mass is 10.00. The molecule has 35 heavy (non-hydrogen) atoms. The van der Waals surface area contributed by atoms with Crippen molar-refractivity contribution in [2.45, 2.75) is 70.8 Å². The van der Waals surface area contributed by atoms with Gasteiger partial charge in [-0.05, 0) is 78.6 Å². The lowest BCUT2D eigenvalue weighted by Gasteiger charge is -2.37. The van der Waals surface area contributed by atoms with Crippen molar-refractivity contribution in [2.24, 2.45) is 11.8 Å². The summed E-state index contributed by atoms with van der Waals surface area (Å²) < 4.78 is 6.23. The highest BCUT2D eigenvalue weighted by Crippen LogP contribution is 2.35. The van der Waals surface area contributed by atoms with Gasteiger partial charge >= 0.3 is 0 Å². The first-order chi connectivity index (χ1) is 17.0. The second-order valence-electron chi connectivity index (χ2n) is 10.8. The largest absolute Gasteiger partial charge is 0.491 e. The third kappa shape index (κ3) is 5.74. The van der Waals surface area contributed by atoms with Crippen molar-refractivity contribution in [1.82, 2.24) is 9.80 Å². The van der Waals surface area contributed by atoms with Crippen LogP contribution in [0.5, 0.6) is 5.75 Å². The van der Waals surface area contributed by atoms with Crippen molar-refractivity contribution in [3.05, 3.63) is 51.7 Å². The van der Waals surface area contributed by atoms with Crippen molar-refractivity contribution in [2.75, 3.05) is 26.2 Å². The summed E-state index contributed by atoms with van der Waals surface area (Å²) in [5.41, 5.74) is 2.49. The van der Waals surface area contributed by atoms with Crippen molar-refractivity contribution in [3.8, 4) is 5.75 Å². The molecule has 0 N–H and O–H groups in total. The van der Waals surface area contributed by atoms with Crippen LogP contribution in [0.2, 0.25) is 0 Å². The summed E-state index contributed by atoms with van der Waals surface area (Å²) in [4.78, 5) is 32.2. The van der Waals surface area contributed by atoms with Crippen LogP contribution in [-0.4, -0.2) is 47.9 Å². The third-order valence-electron chi connectivity index (χ3n) is 7.89. The number of carbonyl (C=O) groups is 2. The fourth-order valence-corrected chi connectivity index (χ4v) is 6.46. The van der Waals surface area contributed by atoms with Crippen molar-refractivity contribution in [3.63, 3.8) is 0 Å². The number of hydrogen-bond donors (Lipinski definition) is 0. The molecular formula is C29H38N2O3S. The van der Waals surface area contributed by atoms with E-state index in [0.717, 1.165) is 44.4 Å². The maximum Gasteiger partial charge on any atom is 0.242 e. The zero-order valence-corrected chi connectivity index (χ0v) is 21.9. The fourth-order valence-electron chi connectivity index (χ4n) is 5.53. The molecule has 1 atom stereocenters. The number of benzene rings is 1. The van der Waals surface area contributed by atoms with E-state index in [-0.39, 0.29) is 30.3 Å². The second kappa shape index (κ2) is 10.7. The monoisotopic (exact) mass is 494 g/mol. The van der Waals surface area contributed by atoms with E-state index in [1.807, 2.05) is 21.9 Å². The highest BCUT2D eigenvalue weighted by Gasteiger charge is 2.36. The first kappa shape index (κ1) is 24.4. The van der Waals surface area contributed by atoms with Gasteiger partial charge in [-0.1, -0.05) is 38.8 Å². The molecule has 1 aromatic heterocycles. The Kier molecular flexibility index (Phi) is 7.47. The zero-order chi connectivity index (χ0) is 24.4. The zero-order valence-electron chi connectivity index (χ0n) is 21.1. The lowest BCUT2D eigenvalue weighted by molar-refractivity contribution is -0.145. The average molecular weight is 495 g/mol. The Hall–Kier alpha value is -2.34. The summed E-state index contributed by atoms with van der Waals surface area (Å²) in [5, 5.41) is 2.12. The molecule has 5 rings (SSSR count). The maximum atomic E-state index is 13.7. The Morgan fingerprint density at radius 3 is 2.51 bits per heavy atom. The van der Waals surface area contributed by atoms with Crippen LogP contribution in [0, 0.1) is 11.8 Å². The Morgan fingerprint density at radius 2 is 1.83 bits per heavy atom. The molecule has 1 aromatic carbocycles. The molecule has 0 radical (unpaired) electrons. The van der Waals surface area contributed by atoms with E-state index >= 15 is 0 Å². The van der Waals surface area contributed by atoms with E-state index in [4.69, 9.17) is 4.74 Å². The van der Waals surface area contributed by atoms with Crippen LogP contribution in [0.1, 0.15) is 80.3 Å². The minimum Gasteiger partial charge on any atom is -0.491 e. The molecule has 2 saturated carbocycles. The van der Waals surface area contributed by atoms with Gasteiger partial charge < -0.3 is 14.5 Å². The molecule has 1 unspecified atom stereocenters. The van der Waals surface area contributed by atoms with Crippen LogP contribution in [-0.2, 0) is 16.0 Å². The number of carbonyl (C=O) groups excluding carboxylic acids is 2. The summed E-state index contributed by atoms with van der Waals surface area (Å²) in [6.45, 7) is 6.41. The van der Waals surface area contributed by atoms with Crippen LogP contribution in [0.4, 0.5) is 0 Å². The number of rotatable bonds is 9. The number of hydrogen-bond acceptors (Lipinski definition) is 4. The van der Waals surface area contributed by atoms with Gasteiger partial charge in [0.05, 0.1) is 12.6 Å². The summed E-state index contributed by atoms with van der Waals surface area (Å²) in [7, 11) is 0. The molecule has 6 heteroatoms. The van der Waals surface area contributed by atoms with Gasteiger partial charge in [-0.15, -0.1) is 11.3 Å². The molecule has 0 spiro atoms. The van der Waals surface area contributed by atoms with Gasteiger partial charge in [-0.2, -0.15) is 0 Å². The summed E-state index contributed by atoms with van der Waals surface area (Å²) in [5.74, 6) is 2.25. The van der Waals surface area contributed by atoms with Crippen LogP contribution in [0.3, 0.4) is 0 Å². The Morgan fingerprint density at radius 1 is 1.09 bits per heavy atom. The van der Waals surface area contributed by atoms with E-state index in [9.17, 15) is 9.59 Å². The average Bonchev–Trinajstić information content (AvgIpc) is 3.31. The first-order valence-corrected chi connectivity index (χ1v) is 14.2. The SMILES string of the molecule is CC(C)c1ccc(OCC2c3ccsc3CCN2C(=O)CN(CC2CC2)C(=O)C2CCCC2)cc1. The Bertz CT molecular complexity index is 1020. The molecule has 2 heterocycles. The highest BCUT2D eigenvalue weighted by atomic mass is 32.1. The van der Waals surface area contributed by atoms with E-state index in [0.29, 0.717) is 25.0 Å². The van der Waals surface area contributed by atoms with Gasteiger partial charge in [0.1, 0.15) is 12.4 Å². The number of amides is 2. The van der Waals surface area contributed by atoms with Gasteiger partial charge in [-0.25, -0.2) is 0 Å². The summed E-state index contributed by atoms with van der Waals surface area (Å²) in [6, 6.07) is 10.3. The molecule has 0 bridgehead atoms.